The van der Waals surface area contributed by atoms with Crippen LogP contribution in [0.2, 0.25) is 0 Å². The van der Waals surface area contributed by atoms with Crippen LogP contribution in [0, 0.1) is 6.54 Å². The Morgan fingerprint density at radius 2 is 2.56 bits per heavy atom. The molecule has 0 aromatic carbocycles. The molecule has 0 aromatic rings. The van der Waals surface area contributed by atoms with Gasteiger partial charge in [-0.1, -0.05) is 0 Å². The van der Waals surface area contributed by atoms with Crippen LogP contribution in [0.15, 0.2) is 17.3 Å². The molecule has 0 fully saturated rings. The van der Waals surface area contributed by atoms with Crippen molar-refractivity contribution in [3.63, 3.8) is 0 Å². The Morgan fingerprint density at radius 1 is 1.67 bits per heavy atom. The van der Waals surface area contributed by atoms with Gasteiger partial charge in [0.05, 0.1) is 13.2 Å². The topological polar surface area (TPSA) is 44.6 Å². The molecule has 0 bridgehead atoms. The monoisotopic (exact) mass is 125 g/mol. The fourth-order valence-corrected chi connectivity index (χ4v) is 0.600. The van der Waals surface area contributed by atoms with E-state index in [0.717, 1.165) is 5.84 Å². The minimum absolute atomic E-state index is 0.146. The van der Waals surface area contributed by atoms with Crippen LogP contribution in [0.4, 0.5) is 0 Å². The Kier molecular flexibility index (Phi) is 2.27. The maximum atomic E-state index is 8.46. The van der Waals surface area contributed by atoms with E-state index < -0.39 is 0 Å². The van der Waals surface area contributed by atoms with Crippen molar-refractivity contribution in [3.8, 4) is 0 Å². The van der Waals surface area contributed by atoms with E-state index in [-0.39, 0.29) is 6.61 Å². The average Bonchev–Trinajstić information content (AvgIpc) is 1.91. The molecule has 2 N–H and O–H groups in total. The molecule has 3 nitrogen and oxygen atoms in total. The molecular formula is C6H9N2O. The molecule has 1 aliphatic heterocycles. The lowest BCUT2D eigenvalue weighted by Crippen LogP contribution is -2.22. The first-order chi connectivity index (χ1) is 4.43. The smallest absolute Gasteiger partial charge is 0.104 e. The van der Waals surface area contributed by atoms with Crippen molar-refractivity contribution in [2.45, 2.75) is 6.42 Å². The first-order valence-electron chi connectivity index (χ1n) is 2.86. The summed E-state index contributed by atoms with van der Waals surface area (Å²) in [6, 6.07) is 0. The van der Waals surface area contributed by atoms with Crippen LogP contribution in [0.5, 0.6) is 0 Å². The van der Waals surface area contributed by atoms with Crippen LogP contribution >= 0.6 is 0 Å². The van der Waals surface area contributed by atoms with Gasteiger partial charge >= 0.3 is 0 Å². The zero-order valence-electron chi connectivity index (χ0n) is 5.04. The molecule has 1 heterocycles. The maximum absolute atomic E-state index is 8.46. The summed E-state index contributed by atoms with van der Waals surface area (Å²) in [6.07, 6.45) is 4.10. The molecule has 9 heavy (non-hydrogen) atoms. The van der Waals surface area contributed by atoms with Gasteiger partial charge in [0.15, 0.2) is 0 Å². The molecule has 0 saturated heterocycles. The second-order valence-corrected chi connectivity index (χ2v) is 1.70. The van der Waals surface area contributed by atoms with Crippen molar-refractivity contribution in [3.05, 3.63) is 18.8 Å². The van der Waals surface area contributed by atoms with E-state index in [2.05, 4.69) is 10.3 Å². The summed E-state index contributed by atoms with van der Waals surface area (Å²) in [4.78, 5) is 3.95. The normalized spacial score (nSPS) is 16.8. The van der Waals surface area contributed by atoms with Crippen molar-refractivity contribution >= 4 is 5.84 Å². The van der Waals surface area contributed by atoms with Gasteiger partial charge in [-0.15, -0.1) is 0 Å². The summed E-state index contributed by atoms with van der Waals surface area (Å²) in [6.45, 7) is 1.94. The molecule has 0 aromatic heterocycles. The number of nitrogens with zero attached hydrogens (tertiary/aromatic N) is 1. The molecule has 3 heteroatoms. The van der Waals surface area contributed by atoms with Crippen LogP contribution in [0.3, 0.4) is 0 Å². The molecule has 1 radical (unpaired) electrons. The molecule has 0 aliphatic carbocycles. The summed E-state index contributed by atoms with van der Waals surface area (Å²) in [5.41, 5.74) is 0. The highest BCUT2D eigenvalue weighted by Crippen LogP contribution is 1.91. The van der Waals surface area contributed by atoms with Crippen molar-refractivity contribution in [1.29, 1.82) is 0 Å². The van der Waals surface area contributed by atoms with Crippen LogP contribution in [-0.2, 0) is 0 Å². The third kappa shape index (κ3) is 1.85. The molecular weight excluding hydrogens is 116 g/mol. The number of nitrogens with one attached hydrogen (secondary N) is 1. The highest BCUT2D eigenvalue weighted by Gasteiger charge is 1.96. The molecule has 0 unspecified atom stereocenters. The Morgan fingerprint density at radius 3 is 3.11 bits per heavy atom. The van der Waals surface area contributed by atoms with E-state index >= 15 is 0 Å². The Balaban J connectivity index is 2.38. The molecule has 1 aliphatic rings. The van der Waals surface area contributed by atoms with Crippen molar-refractivity contribution in [2.75, 3.05) is 6.61 Å². The first-order valence-corrected chi connectivity index (χ1v) is 2.86. The van der Waals surface area contributed by atoms with Crippen LogP contribution in [0.25, 0.3) is 0 Å². The Bertz CT molecular complexity index is 140. The second kappa shape index (κ2) is 3.25. The van der Waals surface area contributed by atoms with Gasteiger partial charge in [-0.25, -0.2) is 4.99 Å². The highest BCUT2D eigenvalue weighted by atomic mass is 16.3. The van der Waals surface area contributed by atoms with E-state index in [1.807, 2.05) is 0 Å². The lowest BCUT2D eigenvalue weighted by molar-refractivity contribution is 0.306. The van der Waals surface area contributed by atoms with Gasteiger partial charge in [0.2, 0.25) is 0 Å². The number of aliphatic hydroxyl groups excluding tert-OH is 1. The molecule has 0 amide bonds. The third-order valence-electron chi connectivity index (χ3n) is 1.01. The lowest BCUT2D eigenvalue weighted by atomic mass is 10.4. The number of aliphatic imine (C=N–C) groups is 1. The Labute approximate surface area is 54.1 Å². The SMILES string of the molecule is OCCC1=NC=C[CH]N1. The summed E-state index contributed by atoms with van der Waals surface area (Å²) in [5.74, 6) is 0.819. The lowest BCUT2D eigenvalue weighted by Gasteiger charge is -2.07. The van der Waals surface area contributed by atoms with E-state index in [0.29, 0.717) is 6.42 Å². The van der Waals surface area contributed by atoms with Gasteiger partial charge < -0.3 is 10.4 Å². The van der Waals surface area contributed by atoms with E-state index in [1.165, 1.54) is 0 Å². The second-order valence-electron chi connectivity index (χ2n) is 1.70. The van der Waals surface area contributed by atoms with E-state index in [9.17, 15) is 0 Å². The van der Waals surface area contributed by atoms with Gasteiger partial charge in [-0.2, -0.15) is 0 Å². The zero-order valence-corrected chi connectivity index (χ0v) is 5.04. The van der Waals surface area contributed by atoms with Crippen LogP contribution in [-0.4, -0.2) is 17.5 Å². The number of amidine groups is 1. The number of aliphatic hydroxyl groups is 1. The van der Waals surface area contributed by atoms with Gasteiger partial charge in [0, 0.05) is 12.6 Å². The number of rotatable bonds is 2. The van der Waals surface area contributed by atoms with Crippen LogP contribution in [0.1, 0.15) is 6.42 Å². The molecule has 0 saturated carbocycles. The van der Waals surface area contributed by atoms with Crippen molar-refractivity contribution in [1.82, 2.24) is 5.32 Å². The summed E-state index contributed by atoms with van der Waals surface area (Å²) < 4.78 is 0. The van der Waals surface area contributed by atoms with Gasteiger partial charge in [-0.3, -0.25) is 0 Å². The number of hydrogen-bond donors (Lipinski definition) is 2. The van der Waals surface area contributed by atoms with E-state index in [4.69, 9.17) is 5.11 Å². The summed E-state index contributed by atoms with van der Waals surface area (Å²) in [7, 11) is 0. The summed E-state index contributed by atoms with van der Waals surface area (Å²) >= 11 is 0. The van der Waals surface area contributed by atoms with Crippen molar-refractivity contribution in [2.24, 2.45) is 4.99 Å². The highest BCUT2D eigenvalue weighted by molar-refractivity contribution is 5.84. The minimum Gasteiger partial charge on any atom is -0.396 e. The zero-order chi connectivity index (χ0) is 6.53. The molecule has 49 valence electrons. The summed E-state index contributed by atoms with van der Waals surface area (Å²) in [5, 5.41) is 11.4. The molecule has 0 atom stereocenters. The molecule has 1 rings (SSSR count). The Hall–Kier alpha value is -0.830. The van der Waals surface area contributed by atoms with Gasteiger partial charge in [-0.05, 0) is 6.08 Å². The predicted molar refractivity (Wildman–Crippen MR) is 35.7 cm³/mol. The van der Waals surface area contributed by atoms with Crippen LogP contribution < -0.4 is 5.32 Å². The maximum Gasteiger partial charge on any atom is 0.104 e. The van der Waals surface area contributed by atoms with Crippen molar-refractivity contribution < 1.29 is 5.11 Å². The minimum atomic E-state index is 0.146. The fraction of sp³-hybridized carbons (Fsp3) is 0.333. The first kappa shape index (κ1) is 6.29. The largest absolute Gasteiger partial charge is 0.396 e. The standard InChI is InChI=1S/C6H9N2O/c9-5-2-6-7-3-1-4-8-6/h1,3-4,9H,2,5H2,(H,7,8). The quantitative estimate of drug-likeness (QED) is 0.547. The van der Waals surface area contributed by atoms with Gasteiger partial charge in [0.1, 0.15) is 5.84 Å². The predicted octanol–water partition coefficient (Wildman–Crippen LogP) is 0.0460. The molecule has 0 spiro atoms. The van der Waals surface area contributed by atoms with Gasteiger partial charge in [0.25, 0.3) is 0 Å². The fourth-order valence-electron chi connectivity index (χ4n) is 0.600. The number of hydrogen-bond acceptors (Lipinski definition) is 3. The third-order valence-corrected chi connectivity index (χ3v) is 1.01. The average molecular weight is 125 g/mol. The van der Waals surface area contributed by atoms with E-state index in [1.54, 1.807) is 18.8 Å².